The average Bonchev–Trinajstić information content (AvgIpc) is 3.06. The molecule has 106 valence electrons. The number of imidazole rings is 1. The number of anilines is 1. The van der Waals surface area contributed by atoms with Crippen molar-refractivity contribution in [3.63, 3.8) is 0 Å². The van der Waals surface area contributed by atoms with E-state index in [9.17, 15) is 0 Å². The second kappa shape index (κ2) is 5.18. The number of aromatic nitrogens is 2. The van der Waals surface area contributed by atoms with Crippen LogP contribution in [0.5, 0.6) is 0 Å². The smallest absolute Gasteiger partial charge is 0.203 e. The average molecular weight is 261 g/mol. The van der Waals surface area contributed by atoms with Crippen LogP contribution in [0.3, 0.4) is 0 Å². The molecular weight excluding hydrogens is 234 g/mol. The summed E-state index contributed by atoms with van der Waals surface area (Å²) in [7, 11) is 0. The zero-order valence-corrected chi connectivity index (χ0v) is 12.5. The van der Waals surface area contributed by atoms with Gasteiger partial charge >= 0.3 is 0 Å². The topological polar surface area (TPSA) is 29.9 Å². The van der Waals surface area contributed by atoms with E-state index in [1.807, 2.05) is 0 Å². The summed E-state index contributed by atoms with van der Waals surface area (Å²) in [6.07, 6.45) is 9.19. The van der Waals surface area contributed by atoms with Crippen molar-refractivity contribution in [2.75, 3.05) is 5.32 Å². The summed E-state index contributed by atoms with van der Waals surface area (Å²) in [6, 6.07) is 0.563. The molecule has 2 fully saturated rings. The van der Waals surface area contributed by atoms with Gasteiger partial charge in [-0.05, 0) is 57.3 Å². The van der Waals surface area contributed by atoms with Gasteiger partial charge in [0.25, 0.3) is 0 Å². The predicted octanol–water partition coefficient (Wildman–Crippen LogP) is 3.84. The lowest BCUT2D eigenvalue weighted by molar-refractivity contribution is 0.303. The van der Waals surface area contributed by atoms with Crippen LogP contribution in [0.2, 0.25) is 0 Å². The Morgan fingerprint density at radius 1 is 1.42 bits per heavy atom. The summed E-state index contributed by atoms with van der Waals surface area (Å²) in [6.45, 7) is 7.72. The molecule has 2 aliphatic rings. The molecule has 2 bridgehead atoms. The Balaban J connectivity index is 1.67. The maximum Gasteiger partial charge on any atom is 0.203 e. The lowest BCUT2D eigenvalue weighted by atomic mass is 9.84. The number of nitrogens with one attached hydrogen (secondary N) is 1. The molecule has 3 nitrogen and oxygen atoms in total. The van der Waals surface area contributed by atoms with Crippen LogP contribution in [-0.4, -0.2) is 15.6 Å². The van der Waals surface area contributed by atoms with E-state index in [1.54, 1.807) is 0 Å². The van der Waals surface area contributed by atoms with E-state index in [4.69, 9.17) is 0 Å². The third kappa shape index (κ3) is 2.52. The number of rotatable bonds is 5. The highest BCUT2D eigenvalue weighted by molar-refractivity contribution is 5.30. The third-order valence-electron chi connectivity index (χ3n) is 5.15. The summed E-state index contributed by atoms with van der Waals surface area (Å²) >= 11 is 0. The van der Waals surface area contributed by atoms with Gasteiger partial charge in [0, 0.05) is 18.8 Å². The molecule has 4 unspecified atom stereocenters. The first-order valence-corrected chi connectivity index (χ1v) is 7.97. The van der Waals surface area contributed by atoms with Crippen LogP contribution < -0.4 is 5.32 Å². The predicted molar refractivity (Wildman–Crippen MR) is 79.3 cm³/mol. The number of fused-ring (bicyclic) bond motifs is 2. The zero-order valence-electron chi connectivity index (χ0n) is 12.5. The maximum atomic E-state index is 4.65. The highest BCUT2D eigenvalue weighted by Crippen LogP contribution is 2.49. The van der Waals surface area contributed by atoms with Gasteiger partial charge in [0.05, 0.1) is 5.69 Å². The first-order valence-electron chi connectivity index (χ1n) is 7.97. The first kappa shape index (κ1) is 13.0. The molecule has 3 heteroatoms. The lowest BCUT2D eigenvalue weighted by Gasteiger charge is -2.29. The van der Waals surface area contributed by atoms with Crippen LogP contribution in [0.1, 0.15) is 51.6 Å². The van der Waals surface area contributed by atoms with Gasteiger partial charge in [-0.1, -0.05) is 13.3 Å². The molecule has 1 heterocycles. The van der Waals surface area contributed by atoms with Crippen LogP contribution in [0.4, 0.5) is 5.95 Å². The van der Waals surface area contributed by atoms with Gasteiger partial charge in [0.15, 0.2) is 0 Å². The van der Waals surface area contributed by atoms with Crippen LogP contribution in [0.25, 0.3) is 0 Å². The minimum Gasteiger partial charge on any atom is -0.353 e. The summed E-state index contributed by atoms with van der Waals surface area (Å²) in [5.41, 5.74) is 1.12. The Morgan fingerprint density at radius 2 is 2.26 bits per heavy atom. The van der Waals surface area contributed by atoms with Crippen LogP contribution >= 0.6 is 0 Å². The van der Waals surface area contributed by atoms with Gasteiger partial charge < -0.3 is 9.88 Å². The first-order chi connectivity index (χ1) is 9.17. The van der Waals surface area contributed by atoms with E-state index >= 15 is 0 Å². The monoisotopic (exact) mass is 261 g/mol. The zero-order chi connectivity index (χ0) is 13.4. The molecule has 1 N–H and O–H groups in total. The second-order valence-electron chi connectivity index (χ2n) is 6.67. The summed E-state index contributed by atoms with van der Waals surface area (Å²) in [4.78, 5) is 4.65. The summed E-state index contributed by atoms with van der Waals surface area (Å²) in [5, 5.41) is 3.69. The van der Waals surface area contributed by atoms with Crippen LogP contribution in [0.15, 0.2) is 6.20 Å². The van der Waals surface area contributed by atoms with Gasteiger partial charge in [-0.15, -0.1) is 0 Å². The maximum absolute atomic E-state index is 4.65. The van der Waals surface area contributed by atoms with Crippen molar-refractivity contribution in [3.05, 3.63) is 11.9 Å². The summed E-state index contributed by atoms with van der Waals surface area (Å²) in [5.74, 6) is 3.94. The summed E-state index contributed by atoms with van der Waals surface area (Å²) < 4.78 is 2.28. The molecule has 3 rings (SSSR count). The second-order valence-corrected chi connectivity index (χ2v) is 6.67. The molecule has 0 amide bonds. The number of hydrogen-bond donors (Lipinski definition) is 1. The van der Waals surface area contributed by atoms with Gasteiger partial charge in [-0.2, -0.15) is 0 Å². The van der Waals surface area contributed by atoms with Gasteiger partial charge in [-0.3, -0.25) is 0 Å². The van der Waals surface area contributed by atoms with Crippen molar-refractivity contribution in [1.29, 1.82) is 0 Å². The minimum atomic E-state index is 0.563. The van der Waals surface area contributed by atoms with Crippen LogP contribution in [-0.2, 0) is 6.54 Å². The molecule has 0 aliphatic heterocycles. The van der Waals surface area contributed by atoms with E-state index in [2.05, 4.69) is 41.8 Å². The molecule has 0 radical (unpaired) electrons. The third-order valence-corrected chi connectivity index (χ3v) is 5.15. The van der Waals surface area contributed by atoms with Crippen molar-refractivity contribution < 1.29 is 0 Å². The Bertz CT molecular complexity index is 437. The number of aryl methyl sites for hydroxylation is 2. The number of hydrogen-bond acceptors (Lipinski definition) is 2. The Hall–Kier alpha value is -0.990. The molecule has 1 aromatic rings. The van der Waals surface area contributed by atoms with Crippen molar-refractivity contribution in [3.8, 4) is 0 Å². The van der Waals surface area contributed by atoms with Gasteiger partial charge in [-0.25, -0.2) is 4.98 Å². The standard InChI is InChI=1S/C16H27N3/c1-4-7-19-10-11(2)17-16(19)18-12(3)15-9-13-5-6-14(15)8-13/h10,12-15H,4-9H2,1-3H3,(H,17,18). The normalized spacial score (nSPS) is 30.8. The molecule has 2 aliphatic carbocycles. The Labute approximate surface area is 116 Å². The molecular formula is C16H27N3. The molecule has 1 aromatic heterocycles. The van der Waals surface area contributed by atoms with Crippen molar-refractivity contribution in [2.45, 2.75) is 65.5 Å². The SMILES string of the molecule is CCCn1cc(C)nc1NC(C)C1CC2CCC1C2. The molecule has 2 saturated carbocycles. The fraction of sp³-hybridized carbons (Fsp3) is 0.812. The van der Waals surface area contributed by atoms with E-state index in [0.717, 1.165) is 42.4 Å². The van der Waals surface area contributed by atoms with E-state index in [0.29, 0.717) is 6.04 Å². The highest BCUT2D eigenvalue weighted by Gasteiger charge is 2.41. The lowest BCUT2D eigenvalue weighted by Crippen LogP contribution is -2.31. The van der Waals surface area contributed by atoms with Crippen molar-refractivity contribution in [1.82, 2.24) is 9.55 Å². The van der Waals surface area contributed by atoms with Gasteiger partial charge in [0.1, 0.15) is 0 Å². The van der Waals surface area contributed by atoms with E-state index in [1.165, 1.54) is 25.7 Å². The Kier molecular flexibility index (Phi) is 3.55. The molecule has 19 heavy (non-hydrogen) atoms. The molecule has 0 spiro atoms. The van der Waals surface area contributed by atoms with Gasteiger partial charge in [0.2, 0.25) is 5.95 Å². The van der Waals surface area contributed by atoms with Crippen LogP contribution in [0, 0.1) is 24.7 Å². The fourth-order valence-electron chi connectivity index (χ4n) is 4.29. The van der Waals surface area contributed by atoms with E-state index in [-0.39, 0.29) is 0 Å². The van der Waals surface area contributed by atoms with Crippen molar-refractivity contribution >= 4 is 5.95 Å². The molecule has 0 aromatic carbocycles. The minimum absolute atomic E-state index is 0.563. The number of nitrogens with zero attached hydrogens (tertiary/aromatic N) is 2. The molecule has 0 saturated heterocycles. The quantitative estimate of drug-likeness (QED) is 0.872. The molecule has 4 atom stereocenters. The van der Waals surface area contributed by atoms with Crippen molar-refractivity contribution in [2.24, 2.45) is 17.8 Å². The highest BCUT2D eigenvalue weighted by atomic mass is 15.2. The largest absolute Gasteiger partial charge is 0.353 e. The fourth-order valence-corrected chi connectivity index (χ4v) is 4.29. The van der Waals surface area contributed by atoms with E-state index < -0.39 is 0 Å². The Morgan fingerprint density at radius 3 is 2.89 bits per heavy atom.